The van der Waals surface area contributed by atoms with Crippen LogP contribution in [0.2, 0.25) is 0 Å². The molecule has 2 aliphatic rings. The minimum Gasteiger partial charge on any atom is -0.387 e. The van der Waals surface area contributed by atoms with Gasteiger partial charge in [0.05, 0.1) is 29.8 Å². The van der Waals surface area contributed by atoms with Gasteiger partial charge in [0, 0.05) is 0 Å². The van der Waals surface area contributed by atoms with Gasteiger partial charge in [-0.1, -0.05) is 38.2 Å². The molecule has 2 aromatic rings. The predicted molar refractivity (Wildman–Crippen MR) is 87.9 cm³/mol. The number of imidazole rings is 1. The molecule has 118 valence electrons. The minimum absolute atomic E-state index is 0.339. The van der Waals surface area contributed by atoms with Crippen molar-refractivity contribution in [1.29, 1.82) is 0 Å². The molecule has 2 aromatic heterocycles. The molecule has 0 amide bonds. The molecule has 1 N–H and O–H groups in total. The second kappa shape index (κ2) is 6.04. The molecule has 0 aliphatic heterocycles. The van der Waals surface area contributed by atoms with Gasteiger partial charge in [-0.25, -0.2) is 4.98 Å². The first-order valence-corrected chi connectivity index (χ1v) is 8.97. The van der Waals surface area contributed by atoms with Crippen LogP contribution < -0.4 is 0 Å². The van der Waals surface area contributed by atoms with Crippen molar-refractivity contribution >= 4 is 5.52 Å². The summed E-state index contributed by atoms with van der Waals surface area (Å²) in [7, 11) is 0. The lowest BCUT2D eigenvalue weighted by Gasteiger charge is -2.30. The quantitative estimate of drug-likeness (QED) is 0.898. The summed E-state index contributed by atoms with van der Waals surface area (Å²) in [5, 5.41) is 11.2. The van der Waals surface area contributed by atoms with Crippen LogP contribution in [-0.4, -0.2) is 14.5 Å². The first-order valence-electron chi connectivity index (χ1n) is 8.97. The Morgan fingerprint density at radius 3 is 2.50 bits per heavy atom. The minimum atomic E-state index is -0.339. The number of aromatic nitrogens is 2. The van der Waals surface area contributed by atoms with E-state index < -0.39 is 0 Å². The van der Waals surface area contributed by atoms with Crippen molar-refractivity contribution in [3.63, 3.8) is 0 Å². The molecule has 2 saturated carbocycles. The number of pyridine rings is 1. The third-order valence-electron chi connectivity index (χ3n) is 5.83. The predicted octanol–water partition coefficient (Wildman–Crippen LogP) is 4.61. The molecule has 1 unspecified atom stereocenters. The van der Waals surface area contributed by atoms with Crippen molar-refractivity contribution < 1.29 is 5.11 Å². The lowest BCUT2D eigenvalue weighted by Crippen LogP contribution is -2.20. The molecule has 3 nitrogen and oxygen atoms in total. The van der Waals surface area contributed by atoms with Crippen LogP contribution in [0.5, 0.6) is 0 Å². The average Bonchev–Trinajstić information content (AvgIpc) is 3.25. The topological polar surface area (TPSA) is 37.5 Å². The van der Waals surface area contributed by atoms with Crippen LogP contribution >= 0.6 is 0 Å². The summed E-state index contributed by atoms with van der Waals surface area (Å²) >= 11 is 0. The van der Waals surface area contributed by atoms with E-state index >= 15 is 0 Å². The van der Waals surface area contributed by atoms with E-state index in [-0.39, 0.29) is 6.10 Å². The van der Waals surface area contributed by atoms with Gasteiger partial charge in [-0.3, -0.25) is 0 Å². The Kier molecular flexibility index (Phi) is 3.91. The lowest BCUT2D eigenvalue weighted by molar-refractivity contribution is 0.0789. The molecule has 0 saturated heterocycles. The first kappa shape index (κ1) is 14.3. The molecular weight excluding hydrogens is 272 g/mol. The molecular formula is C19H26N2O. The van der Waals surface area contributed by atoms with Crippen molar-refractivity contribution in [2.24, 2.45) is 5.92 Å². The van der Waals surface area contributed by atoms with Crippen molar-refractivity contribution in [3.8, 4) is 0 Å². The number of fused-ring (bicyclic) bond motifs is 1. The fourth-order valence-corrected chi connectivity index (χ4v) is 4.60. The summed E-state index contributed by atoms with van der Waals surface area (Å²) in [6.07, 6.45) is 14.8. The maximum absolute atomic E-state index is 11.2. The molecule has 1 atom stereocenters. The monoisotopic (exact) mass is 298 g/mol. The van der Waals surface area contributed by atoms with E-state index in [0.717, 1.165) is 24.1 Å². The summed E-state index contributed by atoms with van der Waals surface area (Å²) in [6, 6.07) is 4.42. The normalized spacial score (nSPS) is 22.4. The van der Waals surface area contributed by atoms with E-state index in [1.54, 1.807) is 0 Å². The fraction of sp³-hybridized carbons (Fsp3) is 0.632. The molecule has 0 radical (unpaired) electrons. The Morgan fingerprint density at radius 2 is 1.73 bits per heavy atom. The molecule has 2 heterocycles. The van der Waals surface area contributed by atoms with Gasteiger partial charge in [-0.2, -0.15) is 0 Å². The summed E-state index contributed by atoms with van der Waals surface area (Å²) in [4.78, 5) is 4.31. The Hall–Kier alpha value is -1.35. The number of hydrogen-bond donors (Lipinski definition) is 1. The fourth-order valence-electron chi connectivity index (χ4n) is 4.60. The average molecular weight is 298 g/mol. The molecule has 0 aromatic carbocycles. The van der Waals surface area contributed by atoms with Crippen LogP contribution in [0.15, 0.2) is 24.7 Å². The van der Waals surface area contributed by atoms with E-state index in [0.29, 0.717) is 11.8 Å². The van der Waals surface area contributed by atoms with Crippen LogP contribution in [0, 0.1) is 5.92 Å². The van der Waals surface area contributed by atoms with Crippen molar-refractivity contribution in [3.05, 3.63) is 35.9 Å². The molecule has 0 bridgehead atoms. The highest BCUT2D eigenvalue weighted by Crippen LogP contribution is 2.41. The Labute approximate surface area is 132 Å². The number of aliphatic hydroxyl groups is 1. The Bertz CT molecular complexity index is 636. The number of aliphatic hydroxyl groups excluding tert-OH is 1. The molecule has 2 fully saturated rings. The van der Waals surface area contributed by atoms with Crippen molar-refractivity contribution in [2.75, 3.05) is 0 Å². The van der Waals surface area contributed by atoms with Crippen LogP contribution in [0.25, 0.3) is 5.52 Å². The van der Waals surface area contributed by atoms with Gasteiger partial charge in [0.25, 0.3) is 0 Å². The number of hydrogen-bond acceptors (Lipinski definition) is 2. The van der Waals surface area contributed by atoms with Crippen LogP contribution in [-0.2, 0) is 0 Å². The lowest BCUT2D eigenvalue weighted by atomic mass is 9.81. The standard InChI is InChI=1S/C19H26N2O/c22-19(15-8-2-1-3-9-15)18-17(14-6-4-5-7-14)11-10-16-12-20-13-21(16)18/h10-15,19,22H,1-9H2. The number of rotatable bonds is 3. The van der Waals surface area contributed by atoms with E-state index in [1.165, 1.54) is 50.5 Å². The SMILES string of the molecule is OC(c1c(C2CCCC2)ccc2cncn12)C1CCCCC1. The summed E-state index contributed by atoms with van der Waals surface area (Å²) in [5.41, 5.74) is 3.61. The molecule has 4 rings (SSSR count). The van der Waals surface area contributed by atoms with Gasteiger partial charge < -0.3 is 9.51 Å². The van der Waals surface area contributed by atoms with Gasteiger partial charge in [0.2, 0.25) is 0 Å². The van der Waals surface area contributed by atoms with Gasteiger partial charge in [-0.15, -0.1) is 0 Å². The summed E-state index contributed by atoms with van der Waals surface area (Å²) < 4.78 is 2.15. The van der Waals surface area contributed by atoms with Gasteiger partial charge in [0.15, 0.2) is 0 Å². The first-order chi connectivity index (χ1) is 10.8. The van der Waals surface area contributed by atoms with Crippen LogP contribution in [0.3, 0.4) is 0 Å². The van der Waals surface area contributed by atoms with E-state index in [2.05, 4.69) is 21.5 Å². The highest BCUT2D eigenvalue weighted by Gasteiger charge is 2.30. The second-order valence-electron chi connectivity index (χ2n) is 7.19. The molecule has 0 spiro atoms. The highest BCUT2D eigenvalue weighted by molar-refractivity contribution is 5.49. The van der Waals surface area contributed by atoms with E-state index in [1.807, 2.05) is 12.5 Å². The molecule has 2 aliphatic carbocycles. The van der Waals surface area contributed by atoms with E-state index in [9.17, 15) is 5.11 Å². The molecule has 3 heteroatoms. The van der Waals surface area contributed by atoms with Crippen LogP contribution in [0.4, 0.5) is 0 Å². The molecule has 22 heavy (non-hydrogen) atoms. The van der Waals surface area contributed by atoms with Crippen molar-refractivity contribution in [1.82, 2.24) is 9.38 Å². The summed E-state index contributed by atoms with van der Waals surface area (Å²) in [5.74, 6) is 1.04. The van der Waals surface area contributed by atoms with Crippen molar-refractivity contribution in [2.45, 2.75) is 69.8 Å². The van der Waals surface area contributed by atoms with E-state index in [4.69, 9.17) is 0 Å². The van der Waals surface area contributed by atoms with Gasteiger partial charge >= 0.3 is 0 Å². The third kappa shape index (κ3) is 2.45. The van der Waals surface area contributed by atoms with Gasteiger partial charge in [0.1, 0.15) is 0 Å². The van der Waals surface area contributed by atoms with Crippen LogP contribution in [0.1, 0.15) is 81.1 Å². The smallest absolute Gasteiger partial charge is 0.0995 e. The number of nitrogens with zero attached hydrogens (tertiary/aromatic N) is 2. The zero-order chi connectivity index (χ0) is 14.9. The summed E-state index contributed by atoms with van der Waals surface area (Å²) in [6.45, 7) is 0. The maximum Gasteiger partial charge on any atom is 0.0995 e. The zero-order valence-electron chi connectivity index (χ0n) is 13.2. The Morgan fingerprint density at radius 1 is 1.00 bits per heavy atom. The third-order valence-corrected chi connectivity index (χ3v) is 5.83. The second-order valence-corrected chi connectivity index (χ2v) is 7.19. The highest BCUT2D eigenvalue weighted by atomic mass is 16.3. The van der Waals surface area contributed by atoms with Gasteiger partial charge in [-0.05, 0) is 49.1 Å². The maximum atomic E-state index is 11.2. The Balaban J connectivity index is 1.78. The largest absolute Gasteiger partial charge is 0.387 e. The zero-order valence-corrected chi connectivity index (χ0v) is 13.2.